The maximum atomic E-state index is 11.5. The molecule has 0 radical (unpaired) electrons. The highest BCUT2D eigenvalue weighted by atomic mass is 35.5. The molecule has 2 aromatic carbocycles. The molecule has 1 aliphatic carbocycles. The van der Waals surface area contributed by atoms with Crippen LogP contribution in [-0.4, -0.2) is 5.24 Å². The van der Waals surface area contributed by atoms with E-state index in [0.717, 1.165) is 11.1 Å². The zero-order valence-electron chi connectivity index (χ0n) is 9.64. The molecule has 2 heteroatoms. The van der Waals surface area contributed by atoms with Crippen molar-refractivity contribution in [3.8, 4) is 0 Å². The van der Waals surface area contributed by atoms with Crippen LogP contribution in [0.1, 0.15) is 11.1 Å². The van der Waals surface area contributed by atoms with Gasteiger partial charge in [-0.1, -0.05) is 66.7 Å². The first kappa shape index (κ1) is 11.2. The van der Waals surface area contributed by atoms with Crippen molar-refractivity contribution < 1.29 is 4.79 Å². The third-order valence-corrected chi connectivity index (χ3v) is 3.58. The minimum atomic E-state index is -0.415. The van der Waals surface area contributed by atoms with E-state index in [4.69, 9.17) is 11.6 Å². The van der Waals surface area contributed by atoms with Gasteiger partial charge in [0.05, 0.1) is 5.41 Å². The van der Waals surface area contributed by atoms with E-state index in [1.54, 1.807) is 0 Å². The van der Waals surface area contributed by atoms with Gasteiger partial charge in [-0.05, 0) is 22.7 Å². The monoisotopic (exact) mass is 254 g/mol. The van der Waals surface area contributed by atoms with Crippen molar-refractivity contribution in [2.75, 3.05) is 0 Å². The van der Waals surface area contributed by atoms with E-state index in [1.165, 1.54) is 0 Å². The lowest BCUT2D eigenvalue weighted by atomic mass is 9.83. The first-order valence-electron chi connectivity index (χ1n) is 5.79. The lowest BCUT2D eigenvalue weighted by Crippen LogP contribution is -2.15. The Morgan fingerprint density at radius 1 is 0.833 bits per heavy atom. The summed E-state index contributed by atoms with van der Waals surface area (Å²) in [4.78, 5) is 11.5. The number of rotatable bonds is 3. The van der Waals surface area contributed by atoms with E-state index in [0.29, 0.717) is 5.57 Å². The second kappa shape index (κ2) is 4.11. The summed E-state index contributed by atoms with van der Waals surface area (Å²) in [5.41, 5.74) is 2.42. The number of allylic oxidation sites excluding steroid dienone is 2. The van der Waals surface area contributed by atoms with Gasteiger partial charge in [0.1, 0.15) is 0 Å². The summed E-state index contributed by atoms with van der Waals surface area (Å²) in [6.45, 7) is 0. The largest absolute Gasteiger partial charge is 0.276 e. The first-order chi connectivity index (χ1) is 8.75. The average molecular weight is 255 g/mol. The van der Waals surface area contributed by atoms with Crippen molar-refractivity contribution in [3.63, 3.8) is 0 Å². The Morgan fingerprint density at radius 3 is 1.61 bits per heavy atom. The van der Waals surface area contributed by atoms with Gasteiger partial charge >= 0.3 is 0 Å². The molecule has 0 N–H and O–H groups in total. The van der Waals surface area contributed by atoms with Crippen LogP contribution >= 0.6 is 11.6 Å². The van der Waals surface area contributed by atoms with Crippen molar-refractivity contribution in [2.45, 2.75) is 5.41 Å². The number of hydrogen-bond donors (Lipinski definition) is 0. The molecular formula is C16H11ClO. The van der Waals surface area contributed by atoms with Crippen LogP contribution < -0.4 is 0 Å². The molecular weight excluding hydrogens is 244 g/mol. The van der Waals surface area contributed by atoms with Crippen molar-refractivity contribution in [1.82, 2.24) is 0 Å². The van der Waals surface area contributed by atoms with Crippen molar-refractivity contribution >= 4 is 16.8 Å². The normalized spacial score (nSPS) is 15.9. The minimum absolute atomic E-state index is 0.372. The topological polar surface area (TPSA) is 17.1 Å². The maximum Gasteiger partial charge on any atom is 0.249 e. The van der Waals surface area contributed by atoms with Crippen LogP contribution in [-0.2, 0) is 10.2 Å². The zero-order valence-corrected chi connectivity index (χ0v) is 10.4. The molecule has 0 saturated heterocycles. The summed E-state index contributed by atoms with van der Waals surface area (Å²) in [5.74, 6) is 0. The summed E-state index contributed by atoms with van der Waals surface area (Å²) in [6.07, 6.45) is 1.94. The quantitative estimate of drug-likeness (QED) is 0.764. The number of hydrogen-bond acceptors (Lipinski definition) is 1. The van der Waals surface area contributed by atoms with Gasteiger partial charge in [0, 0.05) is 5.57 Å². The first-order valence-corrected chi connectivity index (χ1v) is 6.17. The lowest BCUT2D eigenvalue weighted by molar-refractivity contribution is -0.108. The summed E-state index contributed by atoms with van der Waals surface area (Å²) >= 11 is 5.65. The fraction of sp³-hybridized carbons (Fsp3) is 0.0625. The molecule has 0 fully saturated rings. The molecule has 2 aromatic rings. The molecule has 88 valence electrons. The molecule has 1 aliphatic rings. The smallest absolute Gasteiger partial charge is 0.249 e. The minimum Gasteiger partial charge on any atom is -0.276 e. The molecule has 0 atom stereocenters. The molecule has 0 saturated carbocycles. The second-order valence-corrected chi connectivity index (χ2v) is 4.72. The van der Waals surface area contributed by atoms with Crippen LogP contribution in [0.2, 0.25) is 0 Å². The molecule has 0 aromatic heterocycles. The summed E-state index contributed by atoms with van der Waals surface area (Å²) in [5, 5.41) is -0.372. The van der Waals surface area contributed by atoms with Crippen LogP contribution in [0.25, 0.3) is 0 Å². The maximum absolute atomic E-state index is 11.5. The molecule has 1 nitrogen and oxygen atoms in total. The van der Waals surface area contributed by atoms with Gasteiger partial charge in [-0.3, -0.25) is 4.79 Å². The van der Waals surface area contributed by atoms with E-state index in [9.17, 15) is 4.79 Å². The van der Waals surface area contributed by atoms with Gasteiger partial charge < -0.3 is 0 Å². The Kier molecular flexibility index (Phi) is 2.57. The Labute approximate surface area is 111 Å². The molecule has 0 heterocycles. The average Bonchev–Trinajstić information content (AvgIpc) is 3.18. The summed E-state index contributed by atoms with van der Waals surface area (Å²) < 4.78 is 0. The SMILES string of the molecule is O=C(Cl)C1=CC1(c1ccccc1)c1ccccc1. The Hall–Kier alpha value is -1.86. The van der Waals surface area contributed by atoms with E-state index in [-0.39, 0.29) is 5.24 Å². The molecule has 18 heavy (non-hydrogen) atoms. The lowest BCUT2D eigenvalue weighted by Gasteiger charge is -2.18. The van der Waals surface area contributed by atoms with Gasteiger partial charge in [-0.25, -0.2) is 0 Å². The molecule has 3 rings (SSSR count). The zero-order chi connectivity index (χ0) is 12.6. The Bertz CT molecular complexity index is 575. The molecule has 0 amide bonds. The van der Waals surface area contributed by atoms with Gasteiger partial charge in [0.25, 0.3) is 0 Å². The highest BCUT2D eigenvalue weighted by molar-refractivity contribution is 6.68. The molecule has 0 bridgehead atoms. The predicted octanol–water partition coefficient (Wildman–Crippen LogP) is 3.68. The fourth-order valence-corrected chi connectivity index (χ4v) is 2.64. The summed E-state index contributed by atoms with van der Waals surface area (Å²) in [6, 6.07) is 19.9. The van der Waals surface area contributed by atoms with Crippen molar-refractivity contribution in [2.24, 2.45) is 0 Å². The second-order valence-electron chi connectivity index (χ2n) is 4.37. The predicted molar refractivity (Wildman–Crippen MR) is 72.6 cm³/mol. The number of benzene rings is 2. The van der Waals surface area contributed by atoms with E-state index >= 15 is 0 Å². The van der Waals surface area contributed by atoms with Crippen LogP contribution in [0, 0.1) is 0 Å². The van der Waals surface area contributed by atoms with E-state index in [2.05, 4.69) is 0 Å². The van der Waals surface area contributed by atoms with Crippen LogP contribution in [0.3, 0.4) is 0 Å². The third kappa shape index (κ3) is 1.59. The van der Waals surface area contributed by atoms with Gasteiger partial charge in [0.15, 0.2) is 0 Å². The standard InChI is InChI=1S/C16H11ClO/c17-15(18)14-11-16(14,12-7-3-1-4-8-12)13-9-5-2-6-10-13/h1-11H. The molecule has 0 unspecified atom stereocenters. The van der Waals surface area contributed by atoms with E-state index < -0.39 is 5.41 Å². The van der Waals surface area contributed by atoms with Crippen molar-refractivity contribution in [1.29, 1.82) is 0 Å². The van der Waals surface area contributed by atoms with Gasteiger partial charge in [-0.2, -0.15) is 0 Å². The van der Waals surface area contributed by atoms with Gasteiger partial charge in [0.2, 0.25) is 5.24 Å². The van der Waals surface area contributed by atoms with Gasteiger partial charge in [-0.15, -0.1) is 0 Å². The number of carbonyl (C=O) groups excluding carboxylic acids is 1. The van der Waals surface area contributed by atoms with Crippen molar-refractivity contribution in [3.05, 3.63) is 83.4 Å². The van der Waals surface area contributed by atoms with Crippen LogP contribution in [0.15, 0.2) is 72.3 Å². The highest BCUT2D eigenvalue weighted by Crippen LogP contribution is 2.52. The third-order valence-electron chi connectivity index (χ3n) is 3.37. The fourth-order valence-electron chi connectivity index (χ4n) is 2.44. The molecule has 0 aliphatic heterocycles. The Balaban J connectivity index is 2.12. The number of halogens is 1. The Morgan fingerprint density at radius 2 is 1.28 bits per heavy atom. The number of carbonyl (C=O) groups is 1. The highest BCUT2D eigenvalue weighted by Gasteiger charge is 2.49. The summed E-state index contributed by atoms with van der Waals surface area (Å²) in [7, 11) is 0. The van der Waals surface area contributed by atoms with E-state index in [1.807, 2.05) is 66.7 Å². The molecule has 0 spiro atoms. The van der Waals surface area contributed by atoms with Crippen LogP contribution in [0.4, 0.5) is 0 Å². The van der Waals surface area contributed by atoms with Crippen LogP contribution in [0.5, 0.6) is 0 Å².